The molecular formula is C23H27N3O3. The largest absolute Gasteiger partial charge is 0.496 e. The molecular weight excluding hydrogens is 366 g/mol. The van der Waals surface area contributed by atoms with Gasteiger partial charge in [-0.2, -0.15) is 0 Å². The van der Waals surface area contributed by atoms with Crippen LogP contribution in [0.15, 0.2) is 54.6 Å². The van der Waals surface area contributed by atoms with Crippen LogP contribution in [-0.4, -0.2) is 54.9 Å². The highest BCUT2D eigenvalue weighted by Gasteiger charge is 2.39. The van der Waals surface area contributed by atoms with Crippen LogP contribution in [0.3, 0.4) is 0 Å². The van der Waals surface area contributed by atoms with Gasteiger partial charge in [-0.3, -0.25) is 9.59 Å². The zero-order chi connectivity index (χ0) is 20.2. The van der Waals surface area contributed by atoms with Gasteiger partial charge in [0.1, 0.15) is 5.75 Å². The summed E-state index contributed by atoms with van der Waals surface area (Å²) in [5, 5.41) is 3.38. The molecule has 6 heteroatoms. The van der Waals surface area contributed by atoms with Crippen molar-refractivity contribution in [2.24, 2.45) is 5.92 Å². The van der Waals surface area contributed by atoms with Crippen molar-refractivity contribution >= 4 is 11.8 Å². The number of rotatable bonds is 5. The van der Waals surface area contributed by atoms with Crippen LogP contribution >= 0.6 is 0 Å². The van der Waals surface area contributed by atoms with Crippen molar-refractivity contribution in [2.45, 2.75) is 19.0 Å². The van der Waals surface area contributed by atoms with E-state index in [1.54, 1.807) is 12.0 Å². The van der Waals surface area contributed by atoms with Crippen molar-refractivity contribution < 1.29 is 14.3 Å². The quantitative estimate of drug-likeness (QED) is 0.846. The molecule has 0 bridgehead atoms. The van der Waals surface area contributed by atoms with Crippen LogP contribution in [0.1, 0.15) is 23.6 Å². The van der Waals surface area contributed by atoms with E-state index in [0.717, 1.165) is 23.4 Å². The highest BCUT2D eigenvalue weighted by molar-refractivity contribution is 5.89. The number of likely N-dealkylation sites (tertiary alicyclic amines) is 1. The SMILES string of the molecule is COc1ccccc1C1CNCCN1C(=O)C1CC(=O)N(Cc2ccccc2)C1. The Kier molecular flexibility index (Phi) is 5.81. The molecule has 2 aromatic rings. The van der Waals surface area contributed by atoms with Crippen molar-refractivity contribution in [3.63, 3.8) is 0 Å². The first-order valence-corrected chi connectivity index (χ1v) is 10.1. The van der Waals surface area contributed by atoms with E-state index in [1.165, 1.54) is 0 Å². The zero-order valence-corrected chi connectivity index (χ0v) is 16.7. The third-order valence-corrected chi connectivity index (χ3v) is 5.80. The Morgan fingerprint density at radius 3 is 2.69 bits per heavy atom. The Morgan fingerprint density at radius 2 is 1.90 bits per heavy atom. The van der Waals surface area contributed by atoms with Gasteiger partial charge in [0.2, 0.25) is 11.8 Å². The minimum absolute atomic E-state index is 0.0520. The molecule has 2 unspecified atom stereocenters. The number of nitrogens with zero attached hydrogens (tertiary/aromatic N) is 2. The number of piperazine rings is 1. The summed E-state index contributed by atoms with van der Waals surface area (Å²) in [5.74, 6) is 0.608. The van der Waals surface area contributed by atoms with Crippen LogP contribution < -0.4 is 10.1 Å². The van der Waals surface area contributed by atoms with Gasteiger partial charge < -0.3 is 19.9 Å². The summed E-state index contributed by atoms with van der Waals surface area (Å²) >= 11 is 0. The predicted molar refractivity (Wildman–Crippen MR) is 110 cm³/mol. The molecule has 2 aliphatic heterocycles. The number of methoxy groups -OCH3 is 1. The molecule has 4 rings (SSSR count). The van der Waals surface area contributed by atoms with Gasteiger partial charge in [0.15, 0.2) is 0 Å². The van der Waals surface area contributed by atoms with Gasteiger partial charge in [-0.25, -0.2) is 0 Å². The fourth-order valence-electron chi connectivity index (χ4n) is 4.32. The topological polar surface area (TPSA) is 61.9 Å². The zero-order valence-electron chi connectivity index (χ0n) is 16.7. The fraction of sp³-hybridized carbons (Fsp3) is 0.391. The van der Waals surface area contributed by atoms with Crippen LogP contribution in [0.25, 0.3) is 0 Å². The van der Waals surface area contributed by atoms with Crippen molar-refractivity contribution in [3.8, 4) is 5.75 Å². The average Bonchev–Trinajstić information content (AvgIpc) is 3.14. The first kappa shape index (κ1) is 19.5. The molecule has 2 fully saturated rings. The normalized spacial score (nSPS) is 22.0. The summed E-state index contributed by atoms with van der Waals surface area (Å²) in [4.78, 5) is 29.7. The maximum Gasteiger partial charge on any atom is 0.228 e. The molecule has 0 aliphatic carbocycles. The molecule has 0 spiro atoms. The molecule has 0 aromatic heterocycles. The molecule has 2 heterocycles. The van der Waals surface area contributed by atoms with Gasteiger partial charge >= 0.3 is 0 Å². The van der Waals surface area contributed by atoms with E-state index in [9.17, 15) is 9.59 Å². The summed E-state index contributed by atoms with van der Waals surface area (Å²) in [6.45, 7) is 3.10. The molecule has 29 heavy (non-hydrogen) atoms. The summed E-state index contributed by atoms with van der Waals surface area (Å²) < 4.78 is 5.52. The number of carbonyl (C=O) groups excluding carboxylic acids is 2. The van der Waals surface area contributed by atoms with Crippen molar-refractivity contribution in [2.75, 3.05) is 33.3 Å². The molecule has 1 N–H and O–H groups in total. The highest BCUT2D eigenvalue weighted by Crippen LogP contribution is 2.32. The van der Waals surface area contributed by atoms with E-state index in [1.807, 2.05) is 59.5 Å². The van der Waals surface area contributed by atoms with Crippen molar-refractivity contribution in [3.05, 3.63) is 65.7 Å². The molecule has 0 saturated carbocycles. The van der Waals surface area contributed by atoms with E-state index >= 15 is 0 Å². The average molecular weight is 393 g/mol. The van der Waals surface area contributed by atoms with Crippen molar-refractivity contribution in [1.29, 1.82) is 0 Å². The number of ether oxygens (including phenoxy) is 1. The Labute approximate surface area is 171 Å². The number of hydrogen-bond acceptors (Lipinski definition) is 4. The van der Waals surface area contributed by atoms with Gasteiger partial charge in [0, 0.05) is 44.7 Å². The van der Waals surface area contributed by atoms with E-state index in [2.05, 4.69) is 5.32 Å². The minimum Gasteiger partial charge on any atom is -0.496 e. The lowest BCUT2D eigenvalue weighted by Crippen LogP contribution is -2.50. The van der Waals surface area contributed by atoms with Gasteiger partial charge in [-0.15, -0.1) is 0 Å². The number of carbonyl (C=O) groups is 2. The van der Waals surface area contributed by atoms with Gasteiger partial charge in [0.05, 0.1) is 19.1 Å². The molecule has 152 valence electrons. The standard InChI is InChI=1S/C23H27N3O3/c1-29-21-10-6-5-9-19(21)20-14-24-11-12-26(20)23(28)18-13-22(27)25(16-18)15-17-7-3-2-4-8-17/h2-10,18,20,24H,11-16H2,1H3. The Hall–Kier alpha value is -2.86. The van der Waals surface area contributed by atoms with Crippen LogP contribution in [-0.2, 0) is 16.1 Å². The van der Waals surface area contributed by atoms with Gasteiger partial charge in [0.25, 0.3) is 0 Å². The molecule has 2 aromatic carbocycles. The van der Waals surface area contributed by atoms with Crippen LogP contribution in [0.4, 0.5) is 0 Å². The smallest absolute Gasteiger partial charge is 0.228 e. The summed E-state index contributed by atoms with van der Waals surface area (Å²) in [6.07, 6.45) is 0.286. The van der Waals surface area contributed by atoms with Crippen LogP contribution in [0.2, 0.25) is 0 Å². The number of nitrogens with one attached hydrogen (secondary N) is 1. The minimum atomic E-state index is -0.290. The lowest BCUT2D eigenvalue weighted by Gasteiger charge is -2.38. The second-order valence-electron chi connectivity index (χ2n) is 7.65. The summed E-state index contributed by atoms with van der Waals surface area (Å²) in [5.41, 5.74) is 2.09. The summed E-state index contributed by atoms with van der Waals surface area (Å²) in [6, 6.07) is 17.7. The van der Waals surface area contributed by atoms with Crippen LogP contribution in [0.5, 0.6) is 5.75 Å². The monoisotopic (exact) mass is 393 g/mol. The fourth-order valence-corrected chi connectivity index (χ4v) is 4.32. The van der Waals surface area contributed by atoms with Gasteiger partial charge in [-0.1, -0.05) is 48.5 Å². The first-order valence-electron chi connectivity index (χ1n) is 10.1. The molecule has 2 aliphatic rings. The predicted octanol–water partition coefficient (Wildman–Crippen LogP) is 2.22. The van der Waals surface area contributed by atoms with Gasteiger partial charge in [-0.05, 0) is 11.6 Å². The van der Waals surface area contributed by atoms with E-state index in [0.29, 0.717) is 26.2 Å². The number of hydrogen-bond donors (Lipinski definition) is 1. The van der Waals surface area contributed by atoms with Crippen LogP contribution in [0, 0.1) is 5.92 Å². The highest BCUT2D eigenvalue weighted by atomic mass is 16.5. The van der Waals surface area contributed by atoms with E-state index in [-0.39, 0.29) is 30.2 Å². The Bertz CT molecular complexity index is 871. The number of para-hydroxylation sites is 1. The third kappa shape index (κ3) is 4.12. The molecule has 6 nitrogen and oxygen atoms in total. The summed E-state index contributed by atoms with van der Waals surface area (Å²) in [7, 11) is 1.65. The Morgan fingerprint density at radius 1 is 1.14 bits per heavy atom. The molecule has 2 amide bonds. The molecule has 2 atom stereocenters. The maximum absolute atomic E-state index is 13.4. The second kappa shape index (κ2) is 8.66. The maximum atomic E-state index is 13.4. The van der Waals surface area contributed by atoms with E-state index in [4.69, 9.17) is 4.74 Å². The third-order valence-electron chi connectivity index (χ3n) is 5.80. The lowest BCUT2D eigenvalue weighted by atomic mass is 9.99. The second-order valence-corrected chi connectivity index (χ2v) is 7.65. The van der Waals surface area contributed by atoms with Crippen molar-refractivity contribution in [1.82, 2.24) is 15.1 Å². The number of amides is 2. The number of benzene rings is 2. The Balaban J connectivity index is 1.49. The first-order chi connectivity index (χ1) is 14.2. The molecule has 0 radical (unpaired) electrons. The lowest BCUT2D eigenvalue weighted by molar-refractivity contribution is -0.139. The molecule has 2 saturated heterocycles. The van der Waals surface area contributed by atoms with E-state index < -0.39 is 0 Å².